The van der Waals surface area contributed by atoms with Crippen molar-refractivity contribution >= 4 is 20.2 Å². The number of alkyl halides is 6. The summed E-state index contributed by atoms with van der Waals surface area (Å²) < 4.78 is 119. The number of piperazine rings is 3. The number of hydrogen-bond acceptors (Lipinski definition) is 7. The van der Waals surface area contributed by atoms with E-state index in [1.54, 1.807) is 0 Å². The molecular weight excluding hydrogens is 500 g/mol. The van der Waals surface area contributed by atoms with Crippen LogP contribution in [0.1, 0.15) is 19.3 Å². The molecule has 19 heteroatoms. The molecule has 1 N–H and O–H groups in total. The van der Waals surface area contributed by atoms with Gasteiger partial charge in [0.1, 0.15) is 39.3 Å². The van der Waals surface area contributed by atoms with Crippen molar-refractivity contribution in [1.29, 1.82) is 0 Å². The lowest BCUT2D eigenvalue weighted by Gasteiger charge is -2.48. The number of rotatable bonds is 6. The van der Waals surface area contributed by atoms with E-state index in [4.69, 9.17) is 31.5 Å². The first kappa shape index (κ1) is 30.6. The van der Waals surface area contributed by atoms with E-state index < -0.39 is 31.3 Å². The van der Waals surface area contributed by atoms with Crippen molar-refractivity contribution < 1.29 is 61.7 Å². The predicted molar refractivity (Wildman–Crippen MR) is 94.7 cm³/mol. The van der Waals surface area contributed by atoms with Crippen LogP contribution in [0.4, 0.5) is 26.3 Å². The Morgan fingerprint density at radius 3 is 1.53 bits per heavy atom. The van der Waals surface area contributed by atoms with E-state index in [2.05, 4.69) is 10.0 Å². The molecule has 2 bridgehead atoms. The molecule has 0 unspecified atom stereocenters. The van der Waals surface area contributed by atoms with Crippen LogP contribution in [-0.2, 0) is 20.2 Å². The number of azide groups is 1. The Kier molecular flexibility index (Phi) is 11.7. The zero-order valence-electron chi connectivity index (χ0n) is 16.6. The van der Waals surface area contributed by atoms with Gasteiger partial charge in [-0.2, -0.15) is 26.3 Å². The minimum Gasteiger partial charge on any atom is -0.741 e. The maximum absolute atomic E-state index is 10.7. The van der Waals surface area contributed by atoms with Crippen LogP contribution < -0.4 is 4.90 Å². The average Bonchev–Trinajstić information content (AvgIpc) is 2.64. The first-order valence-corrected chi connectivity index (χ1v) is 11.9. The summed E-state index contributed by atoms with van der Waals surface area (Å²) in [5.74, 6) is 0. The highest BCUT2D eigenvalue weighted by atomic mass is 32.2. The van der Waals surface area contributed by atoms with Crippen LogP contribution in [-0.4, -0.2) is 93.8 Å². The molecule has 3 saturated heterocycles. The second kappa shape index (κ2) is 12.2. The van der Waals surface area contributed by atoms with Crippen molar-refractivity contribution in [2.45, 2.75) is 30.3 Å². The number of quaternary nitrogens is 2. The number of hydrogen-bond donors (Lipinski definition) is 1. The number of fused-ring (bicyclic) bond motifs is 3. The van der Waals surface area contributed by atoms with Crippen molar-refractivity contribution in [3.8, 4) is 0 Å². The zero-order valence-corrected chi connectivity index (χ0v) is 18.2. The first-order valence-electron chi connectivity index (χ1n) is 9.08. The highest BCUT2D eigenvalue weighted by molar-refractivity contribution is 7.86. The van der Waals surface area contributed by atoms with Gasteiger partial charge in [-0.15, -0.1) is 0 Å². The van der Waals surface area contributed by atoms with Crippen LogP contribution >= 0.6 is 0 Å². The molecule has 0 atom stereocenters. The molecule has 0 amide bonds. The van der Waals surface area contributed by atoms with Gasteiger partial charge < -0.3 is 18.5 Å². The van der Waals surface area contributed by atoms with Crippen LogP contribution in [0, 0.1) is 0 Å². The van der Waals surface area contributed by atoms with Gasteiger partial charge in [-0.3, -0.25) is 0 Å². The van der Waals surface area contributed by atoms with Gasteiger partial charge in [-0.25, -0.2) is 16.8 Å². The Balaban J connectivity index is 0.000000510. The fourth-order valence-electron chi connectivity index (χ4n) is 3.08. The smallest absolute Gasteiger partial charge is 0.485 e. The van der Waals surface area contributed by atoms with Gasteiger partial charge in [0.2, 0.25) is 0 Å². The van der Waals surface area contributed by atoms with Crippen molar-refractivity contribution in [2.75, 3.05) is 52.4 Å². The fraction of sp³-hybridized carbons (Fsp3) is 1.00. The molecule has 0 spiro atoms. The number of halogens is 6. The molecule has 0 saturated carbocycles. The molecule has 32 heavy (non-hydrogen) atoms. The quantitative estimate of drug-likeness (QED) is 0.0768. The number of nitrogens with zero attached hydrogens (tertiary/aromatic N) is 4. The molecule has 3 aliphatic heterocycles. The lowest BCUT2D eigenvalue weighted by molar-refractivity contribution is -1.07. The van der Waals surface area contributed by atoms with E-state index in [1.165, 1.54) is 63.1 Å². The Hall–Kier alpha value is -1.37. The van der Waals surface area contributed by atoms with Gasteiger partial charge in [0.25, 0.3) is 0 Å². The van der Waals surface area contributed by atoms with Crippen LogP contribution in [0.15, 0.2) is 5.11 Å². The van der Waals surface area contributed by atoms with Crippen LogP contribution in [0.25, 0.3) is 10.4 Å². The second-order valence-electron chi connectivity index (χ2n) is 7.05. The number of unbranched alkanes of at least 4 members (excludes halogenated alkanes) is 2. The van der Waals surface area contributed by atoms with Gasteiger partial charge in [0, 0.05) is 11.5 Å². The topological polar surface area (TPSA) is 168 Å². The molecule has 190 valence electrons. The van der Waals surface area contributed by atoms with Crippen LogP contribution in [0.5, 0.6) is 0 Å². The Morgan fingerprint density at radius 1 is 0.844 bits per heavy atom. The molecule has 3 aliphatic rings. The highest BCUT2D eigenvalue weighted by Crippen LogP contribution is 2.21. The lowest BCUT2D eigenvalue weighted by Crippen LogP contribution is -3.19. The standard InChI is InChI=1S/C11H22N5.2CHF3O3S/c12-14-13-4-2-1-3-8-16-9-5-15(6-10-16)7-11-16;2*2-1(3,4)8(5,6)7/h1-11H2;2*(H,5,6,7)/q+1;;/p-1. The van der Waals surface area contributed by atoms with E-state index in [1.807, 2.05) is 4.90 Å². The van der Waals surface area contributed by atoms with Crippen LogP contribution in [0.2, 0.25) is 0 Å². The fourth-order valence-corrected chi connectivity index (χ4v) is 3.08. The number of nitrogens with one attached hydrogen (secondary N) is 1. The SMILES string of the molecule is O=S(=O)([O-])C(F)(F)F.O=S(=O)([O-])C(F)(F)F.[N-]=[N+]=NCCCCC[N+]12CC[NH+](CC1)CC2. The van der Waals surface area contributed by atoms with E-state index in [0.29, 0.717) is 6.54 Å². The first-order chi connectivity index (χ1) is 14.3. The summed E-state index contributed by atoms with van der Waals surface area (Å²) >= 11 is 0. The van der Waals surface area contributed by atoms with Crippen molar-refractivity contribution in [2.24, 2.45) is 5.11 Å². The average molecular weight is 523 g/mol. The highest BCUT2D eigenvalue weighted by Gasteiger charge is 2.40. The van der Waals surface area contributed by atoms with Gasteiger partial charge in [-0.1, -0.05) is 5.11 Å². The molecule has 0 aliphatic carbocycles. The minimum atomic E-state index is -6.09. The third kappa shape index (κ3) is 11.5. The van der Waals surface area contributed by atoms with E-state index >= 15 is 0 Å². The molecule has 0 aromatic heterocycles. The van der Waals surface area contributed by atoms with E-state index in [9.17, 15) is 26.3 Å². The zero-order chi connectivity index (χ0) is 25.3. The summed E-state index contributed by atoms with van der Waals surface area (Å²) in [6.45, 7) is 10.4. The third-order valence-electron chi connectivity index (χ3n) is 4.84. The monoisotopic (exact) mass is 523 g/mol. The Labute approximate surface area is 180 Å². The molecular formula is C13H23F6N5O6S2. The van der Waals surface area contributed by atoms with Gasteiger partial charge in [-0.05, 0) is 24.8 Å². The summed E-state index contributed by atoms with van der Waals surface area (Å²) in [6.07, 6.45) is 3.58. The summed E-state index contributed by atoms with van der Waals surface area (Å²) in [7, 11) is -12.2. The maximum Gasteiger partial charge on any atom is 0.485 e. The summed E-state index contributed by atoms with van der Waals surface area (Å²) in [5.41, 5.74) is -3.13. The lowest BCUT2D eigenvalue weighted by atomic mass is 10.1. The van der Waals surface area contributed by atoms with Gasteiger partial charge >= 0.3 is 11.0 Å². The molecule has 3 rings (SSSR count). The summed E-state index contributed by atoms with van der Waals surface area (Å²) in [5, 5.41) is 3.57. The normalized spacial score (nSPS) is 23.2. The van der Waals surface area contributed by atoms with E-state index in [0.717, 1.165) is 6.42 Å². The van der Waals surface area contributed by atoms with Crippen molar-refractivity contribution in [3.63, 3.8) is 0 Å². The Bertz CT molecular complexity index is 779. The molecule has 3 fully saturated rings. The molecule has 3 heterocycles. The second-order valence-corrected chi connectivity index (χ2v) is 9.79. The minimum absolute atomic E-state index is 0.675. The van der Waals surface area contributed by atoms with Crippen molar-refractivity contribution in [1.82, 2.24) is 0 Å². The largest absolute Gasteiger partial charge is 0.741 e. The Morgan fingerprint density at radius 2 is 1.22 bits per heavy atom. The molecule has 0 aromatic rings. The van der Waals surface area contributed by atoms with Gasteiger partial charge in [0.15, 0.2) is 20.2 Å². The van der Waals surface area contributed by atoms with Gasteiger partial charge in [0.05, 0.1) is 6.54 Å². The maximum atomic E-state index is 10.7. The van der Waals surface area contributed by atoms with Crippen molar-refractivity contribution in [3.05, 3.63) is 10.4 Å². The van der Waals surface area contributed by atoms with E-state index in [-0.39, 0.29) is 0 Å². The molecule has 11 nitrogen and oxygen atoms in total. The predicted octanol–water partition coefficient (Wildman–Crippen LogP) is 0.299. The molecule has 0 radical (unpaired) electrons. The molecule has 0 aromatic carbocycles. The van der Waals surface area contributed by atoms with Crippen LogP contribution in [0.3, 0.4) is 0 Å². The third-order valence-corrected chi connectivity index (χ3v) is 5.97. The summed E-state index contributed by atoms with van der Waals surface area (Å²) in [4.78, 5) is 4.60. The summed E-state index contributed by atoms with van der Waals surface area (Å²) in [6, 6.07) is 0.